The van der Waals surface area contributed by atoms with E-state index in [1.165, 1.54) is 9.13 Å². The first-order valence-electron chi connectivity index (χ1n) is 10.9. The summed E-state index contributed by atoms with van der Waals surface area (Å²) in [6, 6.07) is 16.0. The second-order valence-corrected chi connectivity index (χ2v) is 8.86. The number of anilines is 2. The van der Waals surface area contributed by atoms with Crippen molar-refractivity contribution in [3.05, 3.63) is 86.1 Å². The highest BCUT2D eigenvalue weighted by Crippen LogP contribution is 2.34. The van der Waals surface area contributed by atoms with Gasteiger partial charge in [0.1, 0.15) is 0 Å². The summed E-state index contributed by atoms with van der Waals surface area (Å²) in [5.74, 6) is 1.04. The molecule has 7 nitrogen and oxygen atoms in total. The molecule has 0 amide bonds. The third-order valence-electron chi connectivity index (χ3n) is 6.44. The Kier molecular flexibility index (Phi) is 4.77. The lowest BCUT2D eigenvalue weighted by Gasteiger charge is -2.33. The van der Waals surface area contributed by atoms with Gasteiger partial charge in [0, 0.05) is 25.8 Å². The number of rotatable bonds is 3. The maximum absolute atomic E-state index is 13.6. The summed E-state index contributed by atoms with van der Waals surface area (Å²) in [6.07, 6.45) is 0. The molecule has 0 saturated heterocycles. The molecule has 2 aromatic carbocycles. The molecule has 3 heterocycles. The number of hydrogen-bond donors (Lipinski definition) is 0. The molecule has 1 aliphatic heterocycles. The lowest BCUT2D eigenvalue weighted by atomic mass is 10.1. The van der Waals surface area contributed by atoms with Crippen molar-refractivity contribution in [2.45, 2.75) is 33.9 Å². The number of nitrogens with zero attached hydrogens (tertiary/aromatic N) is 5. The van der Waals surface area contributed by atoms with Crippen LogP contribution in [0.25, 0.3) is 11.2 Å². The molecule has 5 rings (SSSR count). The summed E-state index contributed by atoms with van der Waals surface area (Å²) >= 11 is 0. The van der Waals surface area contributed by atoms with Gasteiger partial charge in [-0.05, 0) is 42.5 Å². The minimum absolute atomic E-state index is 0.242. The van der Waals surface area contributed by atoms with E-state index in [9.17, 15) is 9.59 Å². The molecule has 0 N–H and O–H groups in total. The van der Waals surface area contributed by atoms with Gasteiger partial charge >= 0.3 is 5.69 Å². The molecule has 0 radical (unpaired) electrons. The van der Waals surface area contributed by atoms with Gasteiger partial charge in [-0.2, -0.15) is 4.98 Å². The maximum Gasteiger partial charge on any atom is 0.332 e. The zero-order chi connectivity index (χ0) is 22.6. The van der Waals surface area contributed by atoms with E-state index in [1.807, 2.05) is 47.9 Å². The zero-order valence-corrected chi connectivity index (χ0v) is 18.9. The van der Waals surface area contributed by atoms with Crippen LogP contribution in [0.4, 0.5) is 11.6 Å². The predicted molar refractivity (Wildman–Crippen MR) is 127 cm³/mol. The standard InChI is InChI=1S/C25H27N5O2/c1-16-13-28(20-12-8-6-10-18(20)3)24-26-22-21(29(24)14-16)23(31)30(25(32)27(22)4)15-19-11-7-5-9-17(19)2/h5-12,16H,13-15H2,1-4H3. The van der Waals surface area contributed by atoms with Crippen molar-refractivity contribution in [3.63, 3.8) is 0 Å². The second kappa shape index (κ2) is 7.51. The lowest BCUT2D eigenvalue weighted by Crippen LogP contribution is -2.40. The Hall–Kier alpha value is -3.61. The summed E-state index contributed by atoms with van der Waals surface area (Å²) < 4.78 is 4.82. The number of hydrogen-bond acceptors (Lipinski definition) is 4. The number of aromatic nitrogens is 4. The molecule has 164 valence electrons. The average Bonchev–Trinajstić information content (AvgIpc) is 3.16. The molecule has 0 aliphatic carbocycles. The Balaban J connectivity index is 1.75. The summed E-state index contributed by atoms with van der Waals surface area (Å²) in [7, 11) is 1.69. The number of benzene rings is 2. The van der Waals surface area contributed by atoms with Crippen LogP contribution in [0.5, 0.6) is 0 Å². The first kappa shape index (κ1) is 20.3. The molecular formula is C25H27N5O2. The van der Waals surface area contributed by atoms with Crippen molar-refractivity contribution in [1.82, 2.24) is 18.7 Å². The Morgan fingerprint density at radius 1 is 0.969 bits per heavy atom. The highest BCUT2D eigenvalue weighted by Gasteiger charge is 2.30. The average molecular weight is 430 g/mol. The molecule has 0 spiro atoms. The van der Waals surface area contributed by atoms with Gasteiger partial charge < -0.3 is 9.47 Å². The molecular weight excluding hydrogens is 402 g/mol. The molecule has 0 fully saturated rings. The van der Waals surface area contributed by atoms with E-state index in [0.29, 0.717) is 29.6 Å². The van der Waals surface area contributed by atoms with E-state index < -0.39 is 0 Å². The van der Waals surface area contributed by atoms with Gasteiger partial charge in [0.05, 0.1) is 6.54 Å². The summed E-state index contributed by atoms with van der Waals surface area (Å²) in [5.41, 5.74) is 4.51. The van der Waals surface area contributed by atoms with Crippen LogP contribution >= 0.6 is 0 Å². The van der Waals surface area contributed by atoms with Gasteiger partial charge in [-0.25, -0.2) is 4.79 Å². The van der Waals surface area contributed by atoms with Crippen LogP contribution in [-0.4, -0.2) is 25.2 Å². The highest BCUT2D eigenvalue weighted by molar-refractivity contribution is 5.77. The summed E-state index contributed by atoms with van der Waals surface area (Å²) in [5, 5.41) is 0. The summed E-state index contributed by atoms with van der Waals surface area (Å²) in [4.78, 5) is 33.8. The molecule has 1 atom stereocenters. The van der Waals surface area contributed by atoms with Crippen molar-refractivity contribution in [2.75, 3.05) is 11.4 Å². The van der Waals surface area contributed by atoms with Crippen LogP contribution in [-0.2, 0) is 20.1 Å². The van der Waals surface area contributed by atoms with E-state index in [-0.39, 0.29) is 17.8 Å². The number of imidazole rings is 1. The van der Waals surface area contributed by atoms with Gasteiger partial charge in [0.15, 0.2) is 11.2 Å². The topological polar surface area (TPSA) is 65.1 Å². The monoisotopic (exact) mass is 429 g/mol. The van der Waals surface area contributed by atoms with Gasteiger partial charge in [0.25, 0.3) is 5.56 Å². The van der Waals surface area contributed by atoms with E-state index >= 15 is 0 Å². The third-order valence-corrected chi connectivity index (χ3v) is 6.44. The highest BCUT2D eigenvalue weighted by atomic mass is 16.2. The second-order valence-electron chi connectivity index (χ2n) is 8.86. The molecule has 4 aromatic rings. The molecule has 1 aliphatic rings. The van der Waals surface area contributed by atoms with E-state index in [0.717, 1.165) is 28.9 Å². The van der Waals surface area contributed by atoms with Crippen molar-refractivity contribution in [2.24, 2.45) is 13.0 Å². The third kappa shape index (κ3) is 3.07. The van der Waals surface area contributed by atoms with E-state index in [2.05, 4.69) is 30.9 Å². The van der Waals surface area contributed by atoms with Crippen LogP contribution in [0.15, 0.2) is 58.1 Å². The minimum atomic E-state index is -0.350. The van der Waals surface area contributed by atoms with Gasteiger partial charge in [-0.3, -0.25) is 13.9 Å². The van der Waals surface area contributed by atoms with Crippen LogP contribution in [0.3, 0.4) is 0 Å². The first-order valence-corrected chi connectivity index (χ1v) is 10.9. The fraction of sp³-hybridized carbons (Fsp3) is 0.320. The van der Waals surface area contributed by atoms with Crippen molar-refractivity contribution in [1.29, 1.82) is 0 Å². The molecule has 1 unspecified atom stereocenters. The van der Waals surface area contributed by atoms with Crippen LogP contribution in [0, 0.1) is 19.8 Å². The fourth-order valence-electron chi connectivity index (χ4n) is 4.67. The SMILES string of the molecule is Cc1ccccc1Cn1c(=O)c2c(nc3n2CC(C)CN3c2ccccc2C)n(C)c1=O. The quantitative estimate of drug-likeness (QED) is 0.501. The molecule has 32 heavy (non-hydrogen) atoms. The number of aryl methyl sites for hydroxylation is 3. The minimum Gasteiger partial charge on any atom is -0.311 e. The maximum atomic E-state index is 13.6. The normalized spacial score (nSPS) is 15.9. The Bertz CT molecular complexity index is 1460. The summed E-state index contributed by atoms with van der Waals surface area (Å²) in [6.45, 7) is 7.98. The van der Waals surface area contributed by atoms with Crippen molar-refractivity contribution < 1.29 is 0 Å². The van der Waals surface area contributed by atoms with E-state index in [1.54, 1.807) is 7.05 Å². The van der Waals surface area contributed by atoms with Crippen molar-refractivity contribution in [3.8, 4) is 0 Å². The molecule has 2 aromatic heterocycles. The number of para-hydroxylation sites is 1. The number of fused-ring (bicyclic) bond motifs is 3. The smallest absolute Gasteiger partial charge is 0.311 e. The Morgan fingerprint density at radius 3 is 2.38 bits per heavy atom. The fourth-order valence-corrected chi connectivity index (χ4v) is 4.67. The van der Waals surface area contributed by atoms with Gasteiger partial charge in [-0.15, -0.1) is 0 Å². The Morgan fingerprint density at radius 2 is 1.66 bits per heavy atom. The predicted octanol–water partition coefficient (Wildman–Crippen LogP) is 3.35. The largest absolute Gasteiger partial charge is 0.332 e. The van der Waals surface area contributed by atoms with Crippen molar-refractivity contribution >= 4 is 22.8 Å². The molecule has 0 bridgehead atoms. The molecule has 7 heteroatoms. The van der Waals surface area contributed by atoms with Crippen LogP contribution in [0.2, 0.25) is 0 Å². The Labute approximate surface area is 186 Å². The zero-order valence-electron chi connectivity index (χ0n) is 18.9. The lowest BCUT2D eigenvalue weighted by molar-refractivity contribution is 0.457. The van der Waals surface area contributed by atoms with Crippen LogP contribution in [0.1, 0.15) is 23.6 Å². The van der Waals surface area contributed by atoms with E-state index in [4.69, 9.17) is 4.98 Å². The first-order chi connectivity index (χ1) is 15.4. The van der Waals surface area contributed by atoms with Gasteiger partial charge in [-0.1, -0.05) is 49.4 Å². The van der Waals surface area contributed by atoms with Gasteiger partial charge in [0.2, 0.25) is 5.95 Å². The van der Waals surface area contributed by atoms with Crippen LogP contribution < -0.4 is 16.1 Å². The molecule has 0 saturated carbocycles.